The van der Waals surface area contributed by atoms with Crippen LogP contribution in [0.2, 0.25) is 0 Å². The lowest BCUT2D eigenvalue weighted by Gasteiger charge is -2.10. The number of nitrogens with zero attached hydrogens (tertiary/aromatic N) is 6. The van der Waals surface area contributed by atoms with Crippen molar-refractivity contribution in [1.29, 1.82) is 5.26 Å². The Kier molecular flexibility index (Phi) is 6.95. The Morgan fingerprint density at radius 2 is 2.03 bits per heavy atom. The van der Waals surface area contributed by atoms with Gasteiger partial charge in [-0.2, -0.15) is 10.4 Å². The van der Waals surface area contributed by atoms with E-state index in [1.165, 1.54) is 0 Å². The molecule has 3 heterocycles. The van der Waals surface area contributed by atoms with E-state index in [1.807, 2.05) is 49.5 Å². The Bertz CT molecular complexity index is 1330. The second kappa shape index (κ2) is 10.2. The average Bonchev–Trinajstić information content (AvgIpc) is 3.27. The molecule has 34 heavy (non-hydrogen) atoms. The number of aliphatic hydroxyl groups is 1. The zero-order valence-corrected chi connectivity index (χ0v) is 19.4. The van der Waals surface area contributed by atoms with Gasteiger partial charge >= 0.3 is 0 Å². The first-order valence-electron chi connectivity index (χ1n) is 11.0. The van der Waals surface area contributed by atoms with Crippen LogP contribution in [0.15, 0.2) is 55.0 Å². The van der Waals surface area contributed by atoms with Crippen molar-refractivity contribution in [1.82, 2.24) is 24.7 Å². The van der Waals surface area contributed by atoms with Crippen LogP contribution in [0.25, 0.3) is 33.9 Å². The minimum Gasteiger partial charge on any atom is -0.497 e. The molecule has 0 aliphatic heterocycles. The second-order valence-electron chi connectivity index (χ2n) is 8.18. The van der Waals surface area contributed by atoms with Crippen molar-refractivity contribution in [3.63, 3.8) is 0 Å². The SMILES string of the molecule is COc1cc(C)cc(-c2nn(CC#N)cc2-c2cc(CC[C@H](C)O)nc(-c3cccnc3)n2)c1. The van der Waals surface area contributed by atoms with Crippen LogP contribution in [0.5, 0.6) is 5.75 Å². The van der Waals surface area contributed by atoms with Crippen LogP contribution < -0.4 is 4.74 Å². The molecule has 0 bridgehead atoms. The van der Waals surface area contributed by atoms with E-state index in [0.29, 0.717) is 30.1 Å². The topological polar surface area (TPSA) is 110 Å². The molecule has 1 N–H and O–H groups in total. The molecule has 8 heteroatoms. The van der Waals surface area contributed by atoms with Gasteiger partial charge in [-0.15, -0.1) is 0 Å². The summed E-state index contributed by atoms with van der Waals surface area (Å²) in [6, 6.07) is 13.7. The molecule has 172 valence electrons. The number of ether oxygens (including phenoxy) is 1. The van der Waals surface area contributed by atoms with Gasteiger partial charge in [0.25, 0.3) is 0 Å². The van der Waals surface area contributed by atoms with Crippen molar-refractivity contribution in [3.05, 3.63) is 66.2 Å². The molecule has 4 aromatic rings. The van der Waals surface area contributed by atoms with Crippen molar-refractivity contribution in [2.45, 2.75) is 39.3 Å². The summed E-state index contributed by atoms with van der Waals surface area (Å²) in [7, 11) is 1.63. The van der Waals surface area contributed by atoms with Crippen molar-refractivity contribution in [3.8, 4) is 45.7 Å². The quantitative estimate of drug-likeness (QED) is 0.424. The summed E-state index contributed by atoms with van der Waals surface area (Å²) in [6.45, 7) is 3.88. The number of benzene rings is 1. The molecule has 0 amide bonds. The molecule has 0 saturated carbocycles. The van der Waals surface area contributed by atoms with Crippen molar-refractivity contribution >= 4 is 0 Å². The number of aromatic nitrogens is 5. The van der Waals surface area contributed by atoms with Gasteiger partial charge in [0.1, 0.15) is 18.0 Å². The normalized spacial score (nSPS) is 11.7. The van der Waals surface area contributed by atoms with Gasteiger partial charge in [-0.1, -0.05) is 0 Å². The summed E-state index contributed by atoms with van der Waals surface area (Å²) in [5.41, 5.74) is 5.69. The molecule has 8 nitrogen and oxygen atoms in total. The fourth-order valence-corrected chi connectivity index (χ4v) is 3.72. The number of aryl methyl sites for hydroxylation is 2. The molecule has 0 spiro atoms. The van der Waals surface area contributed by atoms with Crippen LogP contribution in [-0.2, 0) is 13.0 Å². The lowest BCUT2D eigenvalue weighted by molar-refractivity contribution is 0.184. The number of hydrogen-bond donors (Lipinski definition) is 1. The van der Waals surface area contributed by atoms with Crippen LogP contribution in [0.1, 0.15) is 24.6 Å². The molecule has 0 unspecified atom stereocenters. The van der Waals surface area contributed by atoms with E-state index in [4.69, 9.17) is 19.8 Å². The third kappa shape index (κ3) is 5.27. The number of hydrogen-bond acceptors (Lipinski definition) is 7. The van der Waals surface area contributed by atoms with E-state index < -0.39 is 6.10 Å². The van der Waals surface area contributed by atoms with E-state index in [9.17, 15) is 10.4 Å². The summed E-state index contributed by atoms with van der Waals surface area (Å²) < 4.78 is 7.08. The highest BCUT2D eigenvalue weighted by atomic mass is 16.5. The van der Waals surface area contributed by atoms with E-state index in [-0.39, 0.29) is 6.54 Å². The van der Waals surface area contributed by atoms with Crippen LogP contribution in [0, 0.1) is 18.3 Å². The van der Waals surface area contributed by atoms with Gasteiger partial charge in [0, 0.05) is 41.0 Å². The van der Waals surface area contributed by atoms with Gasteiger partial charge in [0.15, 0.2) is 5.82 Å². The van der Waals surface area contributed by atoms with Gasteiger partial charge in [-0.05, 0) is 68.7 Å². The van der Waals surface area contributed by atoms with Crippen LogP contribution in [0.4, 0.5) is 0 Å². The van der Waals surface area contributed by atoms with Gasteiger partial charge in [0.2, 0.25) is 0 Å². The maximum atomic E-state index is 9.81. The molecule has 1 aromatic carbocycles. The highest BCUT2D eigenvalue weighted by molar-refractivity contribution is 5.80. The summed E-state index contributed by atoms with van der Waals surface area (Å²) in [4.78, 5) is 13.8. The first-order valence-corrected chi connectivity index (χ1v) is 11.0. The third-order valence-corrected chi connectivity index (χ3v) is 5.35. The first-order chi connectivity index (χ1) is 16.5. The molecule has 1 atom stereocenters. The summed E-state index contributed by atoms with van der Waals surface area (Å²) >= 11 is 0. The van der Waals surface area contributed by atoms with Gasteiger partial charge in [0.05, 0.1) is 25.0 Å². The molecule has 0 saturated heterocycles. The highest BCUT2D eigenvalue weighted by Crippen LogP contribution is 2.34. The monoisotopic (exact) mass is 454 g/mol. The molecule has 4 rings (SSSR count). The van der Waals surface area contributed by atoms with Crippen LogP contribution in [-0.4, -0.2) is 43.1 Å². The summed E-state index contributed by atoms with van der Waals surface area (Å²) in [6.07, 6.45) is 6.01. The Morgan fingerprint density at radius 1 is 1.18 bits per heavy atom. The summed E-state index contributed by atoms with van der Waals surface area (Å²) in [5, 5.41) is 23.8. The smallest absolute Gasteiger partial charge is 0.161 e. The van der Waals surface area contributed by atoms with Gasteiger partial charge in [-0.25, -0.2) is 9.97 Å². The number of nitriles is 1. The molecule has 0 radical (unpaired) electrons. The lowest BCUT2D eigenvalue weighted by Crippen LogP contribution is -2.05. The van der Waals surface area contributed by atoms with Crippen molar-refractivity contribution in [2.24, 2.45) is 0 Å². The fraction of sp³-hybridized carbons (Fsp3) is 0.269. The highest BCUT2D eigenvalue weighted by Gasteiger charge is 2.18. The predicted octanol–water partition coefficient (Wildman–Crippen LogP) is 4.22. The van der Waals surface area contributed by atoms with E-state index in [2.05, 4.69) is 11.1 Å². The Balaban J connectivity index is 1.90. The maximum absolute atomic E-state index is 9.81. The number of rotatable bonds is 8. The Hall–Kier alpha value is -4.09. The Labute approximate surface area is 198 Å². The molecule has 0 aliphatic carbocycles. The van der Waals surface area contributed by atoms with Crippen molar-refractivity contribution < 1.29 is 9.84 Å². The molecule has 0 aliphatic rings. The summed E-state index contributed by atoms with van der Waals surface area (Å²) in [5.74, 6) is 1.28. The van der Waals surface area contributed by atoms with Gasteiger partial charge in [-0.3, -0.25) is 9.67 Å². The zero-order chi connectivity index (χ0) is 24.1. The second-order valence-corrected chi connectivity index (χ2v) is 8.18. The number of aliphatic hydroxyl groups excluding tert-OH is 1. The molecular formula is C26H26N6O2. The molecule has 3 aromatic heterocycles. The van der Waals surface area contributed by atoms with Crippen molar-refractivity contribution in [2.75, 3.05) is 7.11 Å². The minimum absolute atomic E-state index is 0.116. The Morgan fingerprint density at radius 3 is 2.74 bits per heavy atom. The standard InChI is InChI=1S/C26H26N6O2/c1-17-11-20(13-22(12-17)34-3)25-23(16-32(31-25)10-8-27)24-14-21(7-6-18(2)33)29-26(30-24)19-5-4-9-28-15-19/h4-5,9,11-16,18,33H,6-7,10H2,1-3H3/t18-/m0/s1. The van der Waals surface area contributed by atoms with E-state index in [1.54, 1.807) is 31.1 Å². The fourth-order valence-electron chi connectivity index (χ4n) is 3.72. The maximum Gasteiger partial charge on any atom is 0.161 e. The number of pyridine rings is 1. The first kappa shape index (κ1) is 23.1. The minimum atomic E-state index is -0.436. The average molecular weight is 455 g/mol. The lowest BCUT2D eigenvalue weighted by atomic mass is 10.0. The zero-order valence-electron chi connectivity index (χ0n) is 19.4. The third-order valence-electron chi connectivity index (χ3n) is 5.35. The van der Waals surface area contributed by atoms with Gasteiger partial charge < -0.3 is 9.84 Å². The van der Waals surface area contributed by atoms with Crippen LogP contribution >= 0.6 is 0 Å². The van der Waals surface area contributed by atoms with Crippen LogP contribution in [0.3, 0.4) is 0 Å². The predicted molar refractivity (Wildman–Crippen MR) is 129 cm³/mol. The molecular weight excluding hydrogens is 428 g/mol. The van der Waals surface area contributed by atoms with E-state index in [0.717, 1.165) is 33.7 Å². The largest absolute Gasteiger partial charge is 0.497 e. The number of methoxy groups -OCH3 is 1. The van der Waals surface area contributed by atoms with E-state index >= 15 is 0 Å². The molecule has 0 fully saturated rings.